The summed E-state index contributed by atoms with van der Waals surface area (Å²) in [7, 11) is -4.67. The van der Waals surface area contributed by atoms with Crippen molar-refractivity contribution in [2.24, 2.45) is 5.92 Å². The molecule has 0 saturated carbocycles. The molecule has 0 aromatic carbocycles. The maximum absolute atomic E-state index is 8.74. The van der Waals surface area contributed by atoms with Gasteiger partial charge < -0.3 is 5.11 Å². The van der Waals surface area contributed by atoms with Crippen LogP contribution in [0.15, 0.2) is 0 Å². The third-order valence-electron chi connectivity index (χ3n) is 2.67. The highest BCUT2D eigenvalue weighted by Gasteiger charge is 2.00. The standard InChI is InChI=1S/C12H26O.H2O4S/c1-3-4-5-6-7-8-9-12(2)10-11-13;1-5(2,3)4/h12-13H,3-11H2,1-2H3;(H2,1,2,3,4). The van der Waals surface area contributed by atoms with Crippen LogP contribution in [0.25, 0.3) is 0 Å². The van der Waals surface area contributed by atoms with Gasteiger partial charge in [-0.3, -0.25) is 9.11 Å². The molecule has 3 N–H and O–H groups in total. The topological polar surface area (TPSA) is 94.8 Å². The van der Waals surface area contributed by atoms with Crippen molar-refractivity contribution in [3.63, 3.8) is 0 Å². The number of aliphatic hydroxyl groups excluding tert-OH is 1. The van der Waals surface area contributed by atoms with Crippen molar-refractivity contribution < 1.29 is 22.6 Å². The average Bonchev–Trinajstić information content (AvgIpc) is 2.21. The van der Waals surface area contributed by atoms with E-state index in [-0.39, 0.29) is 0 Å². The molecule has 0 amide bonds. The highest BCUT2D eigenvalue weighted by molar-refractivity contribution is 7.79. The van der Waals surface area contributed by atoms with Crippen LogP contribution in [0.3, 0.4) is 0 Å². The molecule has 6 heteroatoms. The van der Waals surface area contributed by atoms with Crippen molar-refractivity contribution in [1.82, 2.24) is 0 Å². The van der Waals surface area contributed by atoms with E-state index in [1.807, 2.05) is 0 Å². The van der Waals surface area contributed by atoms with Crippen LogP contribution in [0.5, 0.6) is 0 Å². The minimum atomic E-state index is -4.67. The molecule has 0 bridgehead atoms. The van der Waals surface area contributed by atoms with Crippen molar-refractivity contribution in [3.8, 4) is 0 Å². The first-order valence-corrected chi connectivity index (χ1v) is 8.01. The minimum absolute atomic E-state index is 0.358. The lowest BCUT2D eigenvalue weighted by molar-refractivity contribution is 0.256. The second-order valence-corrected chi connectivity index (χ2v) is 5.52. The number of aliphatic hydroxyl groups is 1. The molecule has 0 fully saturated rings. The largest absolute Gasteiger partial charge is 0.396 e. The summed E-state index contributed by atoms with van der Waals surface area (Å²) in [5.41, 5.74) is 0. The van der Waals surface area contributed by atoms with Crippen LogP contribution in [0.1, 0.15) is 65.2 Å². The predicted octanol–water partition coefficient (Wildman–Crippen LogP) is 3.10. The van der Waals surface area contributed by atoms with Gasteiger partial charge in [-0.2, -0.15) is 8.42 Å². The number of hydrogen-bond acceptors (Lipinski definition) is 3. The quantitative estimate of drug-likeness (QED) is 0.446. The van der Waals surface area contributed by atoms with Gasteiger partial charge in [-0.05, 0) is 12.3 Å². The van der Waals surface area contributed by atoms with E-state index in [0.717, 1.165) is 12.3 Å². The Labute approximate surface area is 111 Å². The van der Waals surface area contributed by atoms with Crippen molar-refractivity contribution in [2.75, 3.05) is 6.61 Å². The number of hydrogen-bond donors (Lipinski definition) is 3. The van der Waals surface area contributed by atoms with Crippen molar-refractivity contribution >= 4 is 10.4 Å². The molecule has 0 aliphatic heterocycles. The van der Waals surface area contributed by atoms with Crippen LogP contribution >= 0.6 is 0 Å². The van der Waals surface area contributed by atoms with Crippen LogP contribution in [0, 0.1) is 5.92 Å². The van der Waals surface area contributed by atoms with Crippen LogP contribution < -0.4 is 0 Å². The summed E-state index contributed by atoms with van der Waals surface area (Å²) in [6.07, 6.45) is 10.6. The Morgan fingerprint density at radius 3 is 1.83 bits per heavy atom. The van der Waals surface area contributed by atoms with Crippen LogP contribution in [-0.4, -0.2) is 29.2 Å². The third-order valence-corrected chi connectivity index (χ3v) is 2.67. The lowest BCUT2D eigenvalue weighted by Gasteiger charge is -2.08. The van der Waals surface area contributed by atoms with E-state index in [4.69, 9.17) is 22.6 Å². The summed E-state index contributed by atoms with van der Waals surface area (Å²) in [6, 6.07) is 0. The molecule has 5 nitrogen and oxygen atoms in total. The average molecular weight is 284 g/mol. The molecule has 18 heavy (non-hydrogen) atoms. The number of unbranched alkanes of at least 4 members (excludes halogenated alkanes) is 5. The molecule has 0 aromatic heterocycles. The van der Waals surface area contributed by atoms with Gasteiger partial charge >= 0.3 is 10.4 Å². The molecule has 0 heterocycles. The van der Waals surface area contributed by atoms with Crippen molar-refractivity contribution in [1.29, 1.82) is 0 Å². The first kappa shape index (κ1) is 20.2. The molecule has 1 unspecified atom stereocenters. The Balaban J connectivity index is 0. The summed E-state index contributed by atoms with van der Waals surface area (Å²) >= 11 is 0. The molecular weight excluding hydrogens is 256 g/mol. The first-order valence-electron chi connectivity index (χ1n) is 6.62. The molecule has 0 radical (unpaired) electrons. The van der Waals surface area contributed by atoms with E-state index >= 15 is 0 Å². The lowest BCUT2D eigenvalue weighted by atomic mass is 9.99. The van der Waals surface area contributed by atoms with Crippen LogP contribution in [0.2, 0.25) is 0 Å². The van der Waals surface area contributed by atoms with Gasteiger partial charge in [0, 0.05) is 6.61 Å². The summed E-state index contributed by atoms with van der Waals surface area (Å²) in [5.74, 6) is 0.719. The second kappa shape index (κ2) is 13.3. The molecule has 0 spiro atoms. The molecule has 0 aromatic rings. The lowest BCUT2D eigenvalue weighted by Crippen LogP contribution is -1.97. The molecule has 0 aliphatic carbocycles. The normalized spacial score (nSPS) is 12.7. The van der Waals surface area contributed by atoms with E-state index in [1.165, 1.54) is 44.9 Å². The van der Waals surface area contributed by atoms with Gasteiger partial charge in [0.05, 0.1) is 0 Å². The van der Waals surface area contributed by atoms with E-state index in [0.29, 0.717) is 6.61 Å². The Morgan fingerprint density at radius 2 is 1.39 bits per heavy atom. The maximum atomic E-state index is 8.74. The second-order valence-electron chi connectivity index (χ2n) is 4.62. The Morgan fingerprint density at radius 1 is 0.944 bits per heavy atom. The zero-order valence-electron chi connectivity index (χ0n) is 11.5. The Kier molecular flexibility index (Phi) is 14.9. The van der Waals surface area contributed by atoms with E-state index in [1.54, 1.807) is 0 Å². The fourth-order valence-electron chi connectivity index (χ4n) is 1.64. The fraction of sp³-hybridized carbons (Fsp3) is 1.00. The SMILES string of the molecule is CCCCCCCCC(C)CCO.O=S(=O)(O)O. The zero-order chi connectivity index (χ0) is 14.4. The van der Waals surface area contributed by atoms with Gasteiger partial charge in [-0.1, -0.05) is 58.8 Å². The van der Waals surface area contributed by atoms with Crippen molar-refractivity contribution in [2.45, 2.75) is 65.2 Å². The summed E-state index contributed by atoms with van der Waals surface area (Å²) in [5, 5.41) is 8.71. The minimum Gasteiger partial charge on any atom is -0.396 e. The van der Waals surface area contributed by atoms with Crippen molar-refractivity contribution in [3.05, 3.63) is 0 Å². The van der Waals surface area contributed by atoms with Gasteiger partial charge in [0.15, 0.2) is 0 Å². The Hall–Kier alpha value is -0.170. The highest BCUT2D eigenvalue weighted by atomic mass is 32.3. The van der Waals surface area contributed by atoms with Crippen LogP contribution in [-0.2, 0) is 10.4 Å². The van der Waals surface area contributed by atoms with Gasteiger partial charge in [-0.25, -0.2) is 0 Å². The first-order chi connectivity index (χ1) is 8.31. The van der Waals surface area contributed by atoms with Gasteiger partial charge in [0.25, 0.3) is 0 Å². The highest BCUT2D eigenvalue weighted by Crippen LogP contribution is 2.13. The van der Waals surface area contributed by atoms with Gasteiger partial charge in [-0.15, -0.1) is 0 Å². The molecule has 112 valence electrons. The van der Waals surface area contributed by atoms with Gasteiger partial charge in [0.1, 0.15) is 0 Å². The molecule has 0 aliphatic rings. The molecule has 0 rings (SSSR count). The van der Waals surface area contributed by atoms with Crippen LogP contribution in [0.4, 0.5) is 0 Å². The number of rotatable bonds is 9. The zero-order valence-corrected chi connectivity index (χ0v) is 12.3. The third kappa shape index (κ3) is 29.7. The fourth-order valence-corrected chi connectivity index (χ4v) is 1.64. The molecule has 1 atom stereocenters. The van der Waals surface area contributed by atoms with E-state index in [2.05, 4.69) is 13.8 Å². The molecular formula is C12H28O5S. The summed E-state index contributed by atoms with van der Waals surface area (Å²) in [6.45, 7) is 4.85. The predicted molar refractivity (Wildman–Crippen MR) is 73.0 cm³/mol. The van der Waals surface area contributed by atoms with E-state index < -0.39 is 10.4 Å². The summed E-state index contributed by atoms with van der Waals surface area (Å²) in [4.78, 5) is 0. The monoisotopic (exact) mass is 284 g/mol. The molecule has 0 saturated heterocycles. The Bertz CT molecular complexity index is 243. The smallest absolute Gasteiger partial charge is 0.394 e. The van der Waals surface area contributed by atoms with E-state index in [9.17, 15) is 0 Å². The summed E-state index contributed by atoms with van der Waals surface area (Å²) < 4.78 is 31.6. The van der Waals surface area contributed by atoms with Gasteiger partial charge in [0.2, 0.25) is 0 Å². The maximum Gasteiger partial charge on any atom is 0.394 e.